The van der Waals surface area contributed by atoms with Gasteiger partial charge in [-0.15, -0.1) is 0 Å². The van der Waals surface area contributed by atoms with Crippen LogP contribution in [0.4, 0.5) is 10.5 Å². The van der Waals surface area contributed by atoms with Crippen LogP contribution in [0, 0.1) is 5.41 Å². The fourth-order valence-corrected chi connectivity index (χ4v) is 1.74. The van der Waals surface area contributed by atoms with Crippen LogP contribution in [0.25, 0.3) is 0 Å². The standard InChI is InChI=1S/C14H27N5O2/c1-14(2,5-8-20)11-15-13(21)17-12-9-16-19(10-12)7-6-18(3)4/h9-10,20H,5-8,11H2,1-4H3,(H2,15,17,21). The summed E-state index contributed by atoms with van der Waals surface area (Å²) < 4.78 is 1.80. The van der Waals surface area contributed by atoms with E-state index in [0.29, 0.717) is 18.7 Å². The highest BCUT2D eigenvalue weighted by molar-refractivity contribution is 5.88. The maximum atomic E-state index is 11.8. The molecule has 0 bridgehead atoms. The van der Waals surface area contributed by atoms with Crippen molar-refractivity contribution in [3.8, 4) is 0 Å². The van der Waals surface area contributed by atoms with E-state index in [-0.39, 0.29) is 18.1 Å². The average Bonchev–Trinajstić information content (AvgIpc) is 2.82. The van der Waals surface area contributed by atoms with Crippen LogP contribution in [0.5, 0.6) is 0 Å². The van der Waals surface area contributed by atoms with Crippen molar-refractivity contribution in [3.05, 3.63) is 12.4 Å². The number of rotatable bonds is 8. The molecule has 7 nitrogen and oxygen atoms in total. The molecule has 0 aliphatic carbocycles. The third-order valence-electron chi connectivity index (χ3n) is 3.18. The van der Waals surface area contributed by atoms with Gasteiger partial charge in [-0.05, 0) is 25.9 Å². The smallest absolute Gasteiger partial charge is 0.319 e. The summed E-state index contributed by atoms with van der Waals surface area (Å²) in [4.78, 5) is 13.9. The highest BCUT2D eigenvalue weighted by atomic mass is 16.3. The van der Waals surface area contributed by atoms with Crippen LogP contribution in [0.15, 0.2) is 12.4 Å². The number of aliphatic hydroxyl groups excluding tert-OH is 1. The molecule has 0 aromatic carbocycles. The van der Waals surface area contributed by atoms with Gasteiger partial charge in [-0.1, -0.05) is 13.8 Å². The minimum Gasteiger partial charge on any atom is -0.396 e. The van der Waals surface area contributed by atoms with E-state index in [1.54, 1.807) is 10.9 Å². The Morgan fingerprint density at radius 3 is 2.81 bits per heavy atom. The van der Waals surface area contributed by atoms with Gasteiger partial charge in [0.05, 0.1) is 18.4 Å². The molecule has 0 spiro atoms. The Bertz CT molecular complexity index is 442. The molecule has 0 atom stereocenters. The van der Waals surface area contributed by atoms with Crippen LogP contribution >= 0.6 is 0 Å². The molecule has 0 saturated carbocycles. The molecule has 3 N–H and O–H groups in total. The number of hydrogen-bond acceptors (Lipinski definition) is 4. The lowest BCUT2D eigenvalue weighted by Crippen LogP contribution is -2.37. The summed E-state index contributed by atoms with van der Waals surface area (Å²) in [7, 11) is 4.01. The number of urea groups is 1. The molecule has 0 fully saturated rings. The van der Waals surface area contributed by atoms with Gasteiger partial charge in [-0.25, -0.2) is 4.79 Å². The fraction of sp³-hybridized carbons (Fsp3) is 0.714. The normalized spacial score (nSPS) is 11.7. The van der Waals surface area contributed by atoms with Crippen molar-refractivity contribution in [3.63, 3.8) is 0 Å². The second-order valence-electron chi connectivity index (χ2n) is 6.24. The van der Waals surface area contributed by atoms with Crippen LogP contribution < -0.4 is 10.6 Å². The van der Waals surface area contributed by atoms with E-state index in [9.17, 15) is 4.79 Å². The van der Waals surface area contributed by atoms with Crippen molar-refractivity contribution in [1.29, 1.82) is 0 Å². The van der Waals surface area contributed by atoms with Gasteiger partial charge in [-0.3, -0.25) is 4.68 Å². The number of nitrogens with zero attached hydrogens (tertiary/aromatic N) is 3. The largest absolute Gasteiger partial charge is 0.396 e. The van der Waals surface area contributed by atoms with Gasteiger partial charge >= 0.3 is 6.03 Å². The van der Waals surface area contributed by atoms with E-state index in [0.717, 1.165) is 13.1 Å². The van der Waals surface area contributed by atoms with Gasteiger partial charge < -0.3 is 20.6 Å². The molecule has 2 amide bonds. The van der Waals surface area contributed by atoms with Crippen molar-refractivity contribution < 1.29 is 9.90 Å². The summed E-state index contributed by atoms with van der Waals surface area (Å²) in [6.45, 7) is 6.30. The Morgan fingerprint density at radius 1 is 1.48 bits per heavy atom. The van der Waals surface area contributed by atoms with Crippen molar-refractivity contribution in [2.24, 2.45) is 5.41 Å². The van der Waals surface area contributed by atoms with Crippen LogP contribution in [0.1, 0.15) is 20.3 Å². The zero-order valence-corrected chi connectivity index (χ0v) is 13.4. The second-order valence-corrected chi connectivity index (χ2v) is 6.24. The first kappa shape index (κ1) is 17.5. The number of aromatic nitrogens is 2. The van der Waals surface area contributed by atoms with E-state index < -0.39 is 0 Å². The van der Waals surface area contributed by atoms with Gasteiger partial charge in [0.2, 0.25) is 0 Å². The third-order valence-corrected chi connectivity index (χ3v) is 3.18. The van der Waals surface area contributed by atoms with Crippen molar-refractivity contribution in [2.75, 3.05) is 39.1 Å². The number of anilines is 1. The number of nitrogens with one attached hydrogen (secondary N) is 2. The zero-order valence-electron chi connectivity index (χ0n) is 13.4. The Kier molecular flexibility index (Phi) is 6.64. The van der Waals surface area contributed by atoms with E-state index in [4.69, 9.17) is 5.11 Å². The van der Waals surface area contributed by atoms with Crippen LogP contribution in [0.3, 0.4) is 0 Å². The molecule has 1 rings (SSSR count). The molecule has 21 heavy (non-hydrogen) atoms. The molecule has 0 saturated heterocycles. The summed E-state index contributed by atoms with van der Waals surface area (Å²) in [5.41, 5.74) is 0.549. The van der Waals surface area contributed by atoms with Crippen molar-refractivity contribution in [1.82, 2.24) is 20.0 Å². The molecule has 0 unspecified atom stereocenters. The number of carbonyl (C=O) groups is 1. The lowest BCUT2D eigenvalue weighted by molar-refractivity contribution is 0.204. The minimum absolute atomic E-state index is 0.120. The van der Waals surface area contributed by atoms with Gasteiger partial charge in [0.1, 0.15) is 0 Å². The topological polar surface area (TPSA) is 82.4 Å². The molecule has 1 aromatic heterocycles. The average molecular weight is 297 g/mol. The molecule has 1 aromatic rings. The quantitative estimate of drug-likeness (QED) is 0.668. The molecular weight excluding hydrogens is 270 g/mol. The lowest BCUT2D eigenvalue weighted by Gasteiger charge is -2.23. The maximum Gasteiger partial charge on any atom is 0.319 e. The number of hydrogen-bond donors (Lipinski definition) is 3. The molecule has 0 aliphatic rings. The second kappa shape index (κ2) is 7.99. The number of amides is 2. The number of aliphatic hydroxyl groups is 1. The Hall–Kier alpha value is -1.60. The Labute approximate surface area is 126 Å². The predicted molar refractivity (Wildman–Crippen MR) is 83.3 cm³/mol. The van der Waals surface area contributed by atoms with E-state index in [1.165, 1.54) is 0 Å². The first-order valence-corrected chi connectivity index (χ1v) is 7.15. The van der Waals surface area contributed by atoms with E-state index in [1.807, 2.05) is 34.1 Å². The van der Waals surface area contributed by atoms with E-state index in [2.05, 4.69) is 20.6 Å². The number of likely N-dealkylation sites (N-methyl/N-ethyl adjacent to an activating group) is 1. The highest BCUT2D eigenvalue weighted by Crippen LogP contribution is 2.17. The molecule has 0 radical (unpaired) electrons. The first-order chi connectivity index (χ1) is 9.82. The predicted octanol–water partition coefficient (Wildman–Crippen LogP) is 0.975. The van der Waals surface area contributed by atoms with Crippen LogP contribution in [0.2, 0.25) is 0 Å². The Balaban J connectivity index is 2.38. The molecule has 0 aliphatic heterocycles. The molecule has 1 heterocycles. The van der Waals surface area contributed by atoms with Gasteiger partial charge in [0, 0.05) is 25.9 Å². The summed E-state index contributed by atoms with van der Waals surface area (Å²) in [6, 6.07) is -0.256. The van der Waals surface area contributed by atoms with Gasteiger partial charge in [0.25, 0.3) is 0 Å². The minimum atomic E-state index is -0.256. The summed E-state index contributed by atoms with van der Waals surface area (Å²) >= 11 is 0. The molecule has 7 heteroatoms. The van der Waals surface area contributed by atoms with E-state index >= 15 is 0 Å². The zero-order chi connectivity index (χ0) is 15.9. The summed E-state index contributed by atoms with van der Waals surface area (Å²) in [6.07, 6.45) is 4.09. The first-order valence-electron chi connectivity index (χ1n) is 7.15. The van der Waals surface area contributed by atoms with Crippen LogP contribution in [-0.2, 0) is 6.54 Å². The molecular formula is C14H27N5O2. The SMILES string of the molecule is CN(C)CCn1cc(NC(=O)NCC(C)(C)CCO)cn1. The van der Waals surface area contributed by atoms with Crippen LogP contribution in [-0.4, -0.2) is 59.6 Å². The highest BCUT2D eigenvalue weighted by Gasteiger charge is 2.18. The maximum absolute atomic E-state index is 11.8. The number of carbonyl (C=O) groups excluding carboxylic acids is 1. The van der Waals surface area contributed by atoms with Gasteiger partial charge in [-0.2, -0.15) is 5.10 Å². The van der Waals surface area contributed by atoms with Crippen molar-refractivity contribution >= 4 is 11.7 Å². The third kappa shape index (κ3) is 7.10. The lowest BCUT2D eigenvalue weighted by atomic mass is 9.90. The molecule has 120 valence electrons. The van der Waals surface area contributed by atoms with Crippen molar-refractivity contribution in [2.45, 2.75) is 26.8 Å². The fourth-order valence-electron chi connectivity index (χ4n) is 1.74. The summed E-state index contributed by atoms with van der Waals surface area (Å²) in [5, 5.41) is 18.7. The monoisotopic (exact) mass is 297 g/mol. The Morgan fingerprint density at radius 2 is 2.19 bits per heavy atom. The van der Waals surface area contributed by atoms with Gasteiger partial charge in [0.15, 0.2) is 0 Å². The summed E-state index contributed by atoms with van der Waals surface area (Å²) in [5.74, 6) is 0.